The topological polar surface area (TPSA) is 35.6 Å². The lowest BCUT2D eigenvalue weighted by molar-refractivity contribution is 0.220. The number of nitrogens with zero attached hydrogens (tertiary/aromatic N) is 2. The van der Waals surface area contributed by atoms with Crippen molar-refractivity contribution >= 4 is 17.4 Å². The molecule has 0 spiro atoms. The maximum absolute atomic E-state index is 12.5. The zero-order chi connectivity index (χ0) is 17.6. The number of anilines is 2. The van der Waals surface area contributed by atoms with Crippen LogP contribution in [0.5, 0.6) is 0 Å². The number of amides is 2. The van der Waals surface area contributed by atoms with Crippen molar-refractivity contribution < 1.29 is 4.79 Å². The Kier molecular flexibility index (Phi) is 5.59. The second kappa shape index (κ2) is 8.06. The lowest BCUT2D eigenvalue weighted by atomic mass is 10.1. The predicted molar refractivity (Wildman–Crippen MR) is 104 cm³/mol. The van der Waals surface area contributed by atoms with Crippen molar-refractivity contribution in [2.75, 3.05) is 30.4 Å². The molecule has 4 nitrogen and oxygen atoms in total. The molecule has 1 aliphatic rings. The number of benzene rings is 2. The average Bonchev–Trinajstić information content (AvgIpc) is 2.64. The minimum Gasteiger partial charge on any atom is -0.371 e. The number of nitrogens with one attached hydrogen (secondary N) is 1. The standard InChI is InChI=1S/C21H27N3O/c1-17-9-4-5-10-18(17)16-23(2)21(25)22-19-11-8-12-20(15-19)24-13-6-3-7-14-24/h4-5,8-12,15H,3,6-7,13-14,16H2,1-2H3,(H,22,25). The van der Waals surface area contributed by atoms with E-state index in [2.05, 4.69) is 41.4 Å². The third-order valence-corrected chi connectivity index (χ3v) is 4.83. The van der Waals surface area contributed by atoms with Gasteiger partial charge in [0.2, 0.25) is 0 Å². The fourth-order valence-corrected chi connectivity index (χ4v) is 3.27. The third kappa shape index (κ3) is 4.53. The Balaban J connectivity index is 1.63. The fourth-order valence-electron chi connectivity index (χ4n) is 3.27. The molecular weight excluding hydrogens is 310 g/mol. The van der Waals surface area contributed by atoms with Gasteiger partial charge in [-0.15, -0.1) is 0 Å². The van der Waals surface area contributed by atoms with Crippen LogP contribution in [0.4, 0.5) is 16.2 Å². The van der Waals surface area contributed by atoms with Crippen molar-refractivity contribution in [2.45, 2.75) is 32.7 Å². The van der Waals surface area contributed by atoms with E-state index in [1.54, 1.807) is 4.90 Å². The maximum atomic E-state index is 12.5. The molecule has 25 heavy (non-hydrogen) atoms. The first-order chi connectivity index (χ1) is 12.1. The molecule has 0 unspecified atom stereocenters. The summed E-state index contributed by atoms with van der Waals surface area (Å²) in [6.07, 6.45) is 3.81. The highest BCUT2D eigenvalue weighted by molar-refractivity contribution is 5.89. The lowest BCUT2D eigenvalue weighted by Crippen LogP contribution is -2.31. The number of aryl methyl sites for hydroxylation is 1. The van der Waals surface area contributed by atoms with Crippen LogP contribution >= 0.6 is 0 Å². The van der Waals surface area contributed by atoms with Gasteiger partial charge in [0.05, 0.1) is 0 Å². The van der Waals surface area contributed by atoms with E-state index in [-0.39, 0.29) is 6.03 Å². The van der Waals surface area contributed by atoms with Gasteiger partial charge in [0, 0.05) is 38.1 Å². The zero-order valence-corrected chi connectivity index (χ0v) is 15.2. The largest absolute Gasteiger partial charge is 0.371 e. The Bertz CT molecular complexity index is 723. The molecule has 1 aliphatic heterocycles. The number of carbonyl (C=O) groups is 1. The minimum absolute atomic E-state index is 0.0842. The van der Waals surface area contributed by atoms with E-state index in [1.807, 2.05) is 31.3 Å². The number of hydrogen-bond acceptors (Lipinski definition) is 2. The van der Waals surface area contributed by atoms with Crippen LogP contribution in [0.3, 0.4) is 0 Å². The summed E-state index contributed by atoms with van der Waals surface area (Å²) in [4.78, 5) is 16.6. The monoisotopic (exact) mass is 337 g/mol. The summed E-state index contributed by atoms with van der Waals surface area (Å²) in [5.41, 5.74) is 4.42. The van der Waals surface area contributed by atoms with E-state index in [4.69, 9.17) is 0 Å². The van der Waals surface area contributed by atoms with Crippen molar-refractivity contribution in [1.29, 1.82) is 0 Å². The molecule has 2 amide bonds. The van der Waals surface area contributed by atoms with Crippen LogP contribution in [0, 0.1) is 6.92 Å². The normalized spacial score (nSPS) is 14.2. The van der Waals surface area contributed by atoms with Crippen LogP contribution in [0.1, 0.15) is 30.4 Å². The molecule has 0 atom stereocenters. The maximum Gasteiger partial charge on any atom is 0.321 e. The molecule has 2 aromatic carbocycles. The summed E-state index contributed by atoms with van der Waals surface area (Å²) in [6.45, 7) is 4.88. The van der Waals surface area contributed by atoms with Gasteiger partial charge in [0.1, 0.15) is 0 Å². The van der Waals surface area contributed by atoms with Crippen LogP contribution < -0.4 is 10.2 Å². The van der Waals surface area contributed by atoms with E-state index < -0.39 is 0 Å². The molecule has 3 rings (SSSR count). The van der Waals surface area contributed by atoms with Gasteiger partial charge < -0.3 is 15.1 Å². The molecule has 0 aromatic heterocycles. The molecule has 1 heterocycles. The highest BCUT2D eigenvalue weighted by Crippen LogP contribution is 2.23. The van der Waals surface area contributed by atoms with Gasteiger partial charge in [-0.25, -0.2) is 4.79 Å². The Morgan fingerprint density at radius 2 is 1.84 bits per heavy atom. The smallest absolute Gasteiger partial charge is 0.321 e. The van der Waals surface area contributed by atoms with Crippen LogP contribution in [-0.4, -0.2) is 31.1 Å². The molecule has 1 fully saturated rings. The highest BCUT2D eigenvalue weighted by atomic mass is 16.2. The number of urea groups is 1. The van der Waals surface area contributed by atoms with Crippen LogP contribution in [-0.2, 0) is 6.54 Å². The summed E-state index contributed by atoms with van der Waals surface area (Å²) >= 11 is 0. The lowest BCUT2D eigenvalue weighted by Gasteiger charge is -2.29. The molecule has 0 bridgehead atoms. The van der Waals surface area contributed by atoms with E-state index in [0.717, 1.165) is 18.8 Å². The summed E-state index contributed by atoms with van der Waals surface area (Å²) in [5, 5.41) is 3.02. The quantitative estimate of drug-likeness (QED) is 0.881. The Morgan fingerprint density at radius 3 is 2.60 bits per heavy atom. The number of hydrogen-bond donors (Lipinski definition) is 1. The van der Waals surface area contributed by atoms with E-state index in [0.29, 0.717) is 6.54 Å². The van der Waals surface area contributed by atoms with Gasteiger partial charge in [-0.3, -0.25) is 0 Å². The fraction of sp³-hybridized carbons (Fsp3) is 0.381. The first kappa shape index (κ1) is 17.3. The molecular formula is C21H27N3O. The van der Waals surface area contributed by atoms with Crippen LogP contribution in [0.25, 0.3) is 0 Å². The molecule has 132 valence electrons. The first-order valence-corrected chi connectivity index (χ1v) is 9.05. The summed E-state index contributed by atoms with van der Waals surface area (Å²) in [5.74, 6) is 0. The molecule has 0 saturated carbocycles. The van der Waals surface area contributed by atoms with E-state index >= 15 is 0 Å². The average molecular weight is 337 g/mol. The zero-order valence-electron chi connectivity index (χ0n) is 15.2. The molecule has 1 N–H and O–H groups in total. The predicted octanol–water partition coefficient (Wildman–Crippen LogP) is 4.65. The van der Waals surface area contributed by atoms with Crippen molar-refractivity contribution in [2.24, 2.45) is 0 Å². The number of carbonyl (C=O) groups excluding carboxylic acids is 1. The van der Waals surface area contributed by atoms with Gasteiger partial charge >= 0.3 is 6.03 Å². The third-order valence-electron chi connectivity index (χ3n) is 4.83. The highest BCUT2D eigenvalue weighted by Gasteiger charge is 2.13. The molecule has 0 radical (unpaired) electrons. The van der Waals surface area contributed by atoms with Crippen LogP contribution in [0.15, 0.2) is 48.5 Å². The van der Waals surface area contributed by atoms with Crippen molar-refractivity contribution in [1.82, 2.24) is 4.90 Å². The van der Waals surface area contributed by atoms with E-state index in [1.165, 1.54) is 36.1 Å². The Morgan fingerprint density at radius 1 is 1.08 bits per heavy atom. The van der Waals surface area contributed by atoms with Crippen molar-refractivity contribution in [3.05, 3.63) is 59.7 Å². The first-order valence-electron chi connectivity index (χ1n) is 9.05. The summed E-state index contributed by atoms with van der Waals surface area (Å²) in [7, 11) is 1.83. The molecule has 4 heteroatoms. The van der Waals surface area contributed by atoms with Gasteiger partial charge in [-0.2, -0.15) is 0 Å². The molecule has 1 saturated heterocycles. The number of piperidine rings is 1. The second-order valence-electron chi connectivity index (χ2n) is 6.81. The Labute approximate surface area is 150 Å². The van der Waals surface area contributed by atoms with Gasteiger partial charge in [-0.1, -0.05) is 30.3 Å². The van der Waals surface area contributed by atoms with Crippen LogP contribution in [0.2, 0.25) is 0 Å². The van der Waals surface area contributed by atoms with Crippen molar-refractivity contribution in [3.8, 4) is 0 Å². The number of rotatable bonds is 4. The second-order valence-corrected chi connectivity index (χ2v) is 6.81. The van der Waals surface area contributed by atoms with Gasteiger partial charge in [-0.05, 0) is 55.5 Å². The minimum atomic E-state index is -0.0842. The summed E-state index contributed by atoms with van der Waals surface area (Å²) < 4.78 is 0. The van der Waals surface area contributed by atoms with Gasteiger partial charge in [0.25, 0.3) is 0 Å². The molecule has 0 aliphatic carbocycles. The Hall–Kier alpha value is -2.49. The summed E-state index contributed by atoms with van der Waals surface area (Å²) in [6, 6.07) is 16.2. The molecule has 2 aromatic rings. The SMILES string of the molecule is Cc1ccccc1CN(C)C(=O)Nc1cccc(N2CCCCC2)c1. The van der Waals surface area contributed by atoms with Crippen molar-refractivity contribution in [3.63, 3.8) is 0 Å². The van der Waals surface area contributed by atoms with E-state index in [9.17, 15) is 4.79 Å². The van der Waals surface area contributed by atoms with Gasteiger partial charge in [0.15, 0.2) is 0 Å².